The Kier molecular flexibility index (Phi) is 3.83. The number of likely N-dealkylation sites (N-methyl/N-ethyl adjacent to an activating group) is 1. The van der Waals surface area contributed by atoms with Crippen LogP contribution < -0.4 is 9.80 Å². The molecule has 1 aromatic rings. The zero-order chi connectivity index (χ0) is 16.7. The summed E-state index contributed by atoms with van der Waals surface area (Å²) in [6.45, 7) is 5.05. The predicted octanol–water partition coefficient (Wildman–Crippen LogP) is 2.10. The van der Waals surface area contributed by atoms with Crippen LogP contribution in [0.25, 0.3) is 0 Å². The van der Waals surface area contributed by atoms with E-state index in [0.29, 0.717) is 11.4 Å². The zero-order valence-corrected chi connectivity index (χ0v) is 12.9. The molecule has 0 aromatic heterocycles. The molecular formula is C15H18N2O5. The lowest BCUT2D eigenvalue weighted by Gasteiger charge is -2.35. The van der Waals surface area contributed by atoms with Crippen LogP contribution in [-0.4, -0.2) is 42.3 Å². The minimum Gasteiger partial charge on any atom is -0.478 e. The molecule has 0 fully saturated rings. The van der Waals surface area contributed by atoms with Crippen molar-refractivity contribution in [1.82, 2.24) is 0 Å². The van der Waals surface area contributed by atoms with Crippen LogP contribution in [0.3, 0.4) is 0 Å². The Morgan fingerprint density at radius 3 is 2.41 bits per heavy atom. The molecule has 22 heavy (non-hydrogen) atoms. The van der Waals surface area contributed by atoms with Crippen molar-refractivity contribution < 1.29 is 24.2 Å². The number of carboxylic acids is 1. The summed E-state index contributed by atoms with van der Waals surface area (Å²) in [5.41, 5.74) is 0.165. The van der Waals surface area contributed by atoms with Gasteiger partial charge in [0.2, 0.25) is 5.91 Å². The van der Waals surface area contributed by atoms with E-state index in [1.165, 1.54) is 28.0 Å². The van der Waals surface area contributed by atoms with Crippen molar-refractivity contribution in [3.05, 3.63) is 23.8 Å². The number of aromatic carboxylic acids is 1. The van der Waals surface area contributed by atoms with E-state index in [4.69, 9.17) is 9.84 Å². The molecule has 0 bridgehead atoms. The predicted molar refractivity (Wildman–Crippen MR) is 80.4 cm³/mol. The molecule has 1 N–H and O–H groups in total. The fourth-order valence-corrected chi connectivity index (χ4v) is 2.09. The Balaban J connectivity index is 2.45. The third-order valence-electron chi connectivity index (χ3n) is 3.16. The average molecular weight is 306 g/mol. The van der Waals surface area contributed by atoms with Crippen LogP contribution in [0.2, 0.25) is 0 Å². The van der Waals surface area contributed by atoms with E-state index in [9.17, 15) is 14.4 Å². The molecule has 7 heteroatoms. The standard InChI is InChI=1S/C15H18N2O5/c1-15(2,3)22-14(21)17-8-12(18)16(4)11-7-9(13(19)20)5-6-10(11)17/h5-7H,8H2,1-4H3,(H,19,20). The van der Waals surface area contributed by atoms with Gasteiger partial charge in [0.25, 0.3) is 0 Å². The Labute approximate surface area is 128 Å². The average Bonchev–Trinajstić information content (AvgIpc) is 2.40. The highest BCUT2D eigenvalue weighted by molar-refractivity contribution is 6.10. The summed E-state index contributed by atoms with van der Waals surface area (Å²) in [6.07, 6.45) is -0.640. The molecule has 0 saturated heterocycles. The van der Waals surface area contributed by atoms with Crippen molar-refractivity contribution in [3.8, 4) is 0 Å². The Morgan fingerprint density at radius 2 is 1.86 bits per heavy atom. The van der Waals surface area contributed by atoms with Gasteiger partial charge in [-0.05, 0) is 39.0 Å². The van der Waals surface area contributed by atoms with Crippen LogP contribution in [0.5, 0.6) is 0 Å². The molecule has 0 unspecified atom stereocenters. The number of fused-ring (bicyclic) bond motifs is 1. The fraction of sp³-hybridized carbons (Fsp3) is 0.400. The first-order chi connectivity index (χ1) is 10.1. The highest BCUT2D eigenvalue weighted by atomic mass is 16.6. The first-order valence-electron chi connectivity index (χ1n) is 6.74. The number of carboxylic acid groups (broad SMARTS) is 1. The van der Waals surface area contributed by atoms with Gasteiger partial charge in [-0.25, -0.2) is 9.59 Å². The molecule has 0 aliphatic carbocycles. The molecule has 0 atom stereocenters. The van der Waals surface area contributed by atoms with Gasteiger partial charge in [0.1, 0.15) is 12.1 Å². The lowest BCUT2D eigenvalue weighted by Crippen LogP contribution is -2.48. The molecule has 2 amide bonds. The minimum absolute atomic E-state index is 0.0458. The third kappa shape index (κ3) is 3.03. The summed E-state index contributed by atoms with van der Waals surface area (Å²) in [6, 6.07) is 4.26. The van der Waals surface area contributed by atoms with Gasteiger partial charge >= 0.3 is 12.1 Å². The molecule has 0 spiro atoms. The quantitative estimate of drug-likeness (QED) is 0.858. The molecule has 0 radical (unpaired) electrons. The summed E-state index contributed by atoms with van der Waals surface area (Å²) in [4.78, 5) is 37.9. The van der Waals surface area contributed by atoms with Gasteiger partial charge in [-0.3, -0.25) is 9.69 Å². The first-order valence-corrected chi connectivity index (χ1v) is 6.74. The number of benzene rings is 1. The second kappa shape index (κ2) is 5.32. The number of carbonyl (C=O) groups excluding carboxylic acids is 2. The van der Waals surface area contributed by atoms with Gasteiger partial charge in [-0.15, -0.1) is 0 Å². The van der Waals surface area contributed by atoms with Crippen LogP contribution in [0.4, 0.5) is 16.2 Å². The summed E-state index contributed by atoms with van der Waals surface area (Å²) in [5, 5.41) is 9.06. The molecule has 1 aliphatic heterocycles. The van der Waals surface area contributed by atoms with Crippen LogP contribution >= 0.6 is 0 Å². The lowest BCUT2D eigenvalue weighted by molar-refractivity contribution is -0.117. The third-order valence-corrected chi connectivity index (χ3v) is 3.16. The van der Waals surface area contributed by atoms with Gasteiger partial charge in [-0.2, -0.15) is 0 Å². The van der Waals surface area contributed by atoms with Crippen LogP contribution in [0.15, 0.2) is 18.2 Å². The van der Waals surface area contributed by atoms with E-state index in [2.05, 4.69) is 0 Å². The highest BCUT2D eigenvalue weighted by Gasteiger charge is 2.33. The highest BCUT2D eigenvalue weighted by Crippen LogP contribution is 2.34. The molecule has 0 saturated carbocycles. The van der Waals surface area contributed by atoms with E-state index < -0.39 is 17.7 Å². The number of hydrogen-bond donors (Lipinski definition) is 1. The Bertz CT molecular complexity index is 648. The first kappa shape index (κ1) is 15.8. The normalized spacial score (nSPS) is 14.6. The molecule has 118 valence electrons. The molecule has 2 rings (SSSR count). The topological polar surface area (TPSA) is 87.2 Å². The number of hydrogen-bond acceptors (Lipinski definition) is 4. The summed E-state index contributed by atoms with van der Waals surface area (Å²) >= 11 is 0. The Hall–Kier alpha value is -2.57. The Morgan fingerprint density at radius 1 is 1.23 bits per heavy atom. The maximum atomic E-state index is 12.3. The van der Waals surface area contributed by atoms with Crippen LogP contribution in [0, 0.1) is 0 Å². The number of anilines is 2. The minimum atomic E-state index is -1.10. The SMILES string of the molecule is CN1C(=O)CN(C(=O)OC(C)(C)C)c2ccc(C(=O)O)cc21. The smallest absolute Gasteiger partial charge is 0.415 e. The monoisotopic (exact) mass is 306 g/mol. The van der Waals surface area contributed by atoms with Gasteiger partial charge < -0.3 is 14.7 Å². The summed E-state index contributed by atoms with van der Waals surface area (Å²) in [7, 11) is 1.54. The van der Waals surface area contributed by atoms with E-state index in [0.717, 1.165) is 0 Å². The van der Waals surface area contributed by atoms with Crippen LogP contribution in [0.1, 0.15) is 31.1 Å². The maximum absolute atomic E-state index is 12.3. The number of carbonyl (C=O) groups is 3. The van der Waals surface area contributed by atoms with Gasteiger partial charge in [-0.1, -0.05) is 0 Å². The van der Waals surface area contributed by atoms with Crippen molar-refractivity contribution in [2.75, 3.05) is 23.4 Å². The van der Waals surface area contributed by atoms with Gasteiger partial charge in [0, 0.05) is 7.05 Å². The second-order valence-corrected chi connectivity index (χ2v) is 6.03. The molecule has 1 aliphatic rings. The summed E-state index contributed by atoms with van der Waals surface area (Å²) in [5.74, 6) is -1.42. The second-order valence-electron chi connectivity index (χ2n) is 6.03. The number of rotatable bonds is 1. The van der Waals surface area contributed by atoms with Crippen molar-refractivity contribution in [2.45, 2.75) is 26.4 Å². The van der Waals surface area contributed by atoms with Crippen molar-refractivity contribution in [3.63, 3.8) is 0 Å². The molecule has 7 nitrogen and oxygen atoms in total. The van der Waals surface area contributed by atoms with Crippen molar-refractivity contribution >= 4 is 29.3 Å². The fourth-order valence-electron chi connectivity index (χ4n) is 2.09. The van der Waals surface area contributed by atoms with E-state index in [-0.39, 0.29) is 18.0 Å². The lowest BCUT2D eigenvalue weighted by atomic mass is 10.1. The maximum Gasteiger partial charge on any atom is 0.415 e. The summed E-state index contributed by atoms with van der Waals surface area (Å²) < 4.78 is 5.30. The molecule has 1 heterocycles. The number of amides is 2. The van der Waals surface area contributed by atoms with Crippen molar-refractivity contribution in [1.29, 1.82) is 0 Å². The van der Waals surface area contributed by atoms with E-state index >= 15 is 0 Å². The molecular weight excluding hydrogens is 288 g/mol. The van der Waals surface area contributed by atoms with Gasteiger partial charge in [0.05, 0.1) is 16.9 Å². The zero-order valence-electron chi connectivity index (χ0n) is 12.9. The van der Waals surface area contributed by atoms with Crippen molar-refractivity contribution in [2.24, 2.45) is 0 Å². The largest absolute Gasteiger partial charge is 0.478 e. The van der Waals surface area contributed by atoms with Crippen LogP contribution in [-0.2, 0) is 9.53 Å². The molecule has 1 aromatic carbocycles. The van der Waals surface area contributed by atoms with E-state index in [1.807, 2.05) is 0 Å². The van der Waals surface area contributed by atoms with E-state index in [1.54, 1.807) is 27.8 Å². The number of ether oxygens (including phenoxy) is 1. The van der Waals surface area contributed by atoms with Gasteiger partial charge in [0.15, 0.2) is 0 Å². The number of nitrogens with zero attached hydrogens (tertiary/aromatic N) is 2.